The predicted molar refractivity (Wildman–Crippen MR) is 122 cm³/mol. The highest BCUT2D eigenvalue weighted by Crippen LogP contribution is 2.27. The number of hydrogen-bond acceptors (Lipinski definition) is 2. The zero-order valence-electron chi connectivity index (χ0n) is 16.7. The molecule has 2 N–H and O–H groups in total. The van der Waals surface area contributed by atoms with Crippen LogP contribution in [0.3, 0.4) is 0 Å². The van der Waals surface area contributed by atoms with Gasteiger partial charge in [-0.3, -0.25) is 9.59 Å². The van der Waals surface area contributed by atoms with E-state index in [1.165, 1.54) is 0 Å². The highest BCUT2D eigenvalue weighted by Gasteiger charge is 2.47. The zero-order valence-corrected chi connectivity index (χ0v) is 18.2. The topological polar surface area (TPSA) is 61.2 Å². The van der Waals surface area contributed by atoms with Crippen molar-refractivity contribution in [1.29, 1.82) is 0 Å². The van der Waals surface area contributed by atoms with Gasteiger partial charge in [-0.25, -0.2) is 0 Å². The van der Waals surface area contributed by atoms with Crippen LogP contribution >= 0.6 is 23.2 Å². The number of halogens is 2. The Morgan fingerprint density at radius 3 is 2.42 bits per heavy atom. The third-order valence-corrected chi connectivity index (χ3v) is 5.68. The largest absolute Gasteiger partial charge is 0.334 e. The minimum atomic E-state index is -0.794. The second kappa shape index (κ2) is 8.92. The lowest BCUT2D eigenvalue weighted by Gasteiger charge is -2.15. The SMILES string of the molecule is Cc1ccc([C@@H]2[C@@H](NC(=O)c3ccccc3)C(=O)N/[N+]2=C\c2ccc(Cl)cc2Cl)cc1. The molecule has 0 aliphatic carbocycles. The van der Waals surface area contributed by atoms with Crippen LogP contribution in [0.4, 0.5) is 0 Å². The summed E-state index contributed by atoms with van der Waals surface area (Å²) in [6.07, 6.45) is 1.75. The Morgan fingerprint density at radius 2 is 1.74 bits per heavy atom. The van der Waals surface area contributed by atoms with Gasteiger partial charge in [0.25, 0.3) is 5.91 Å². The number of benzene rings is 3. The first kappa shape index (κ1) is 21.1. The molecule has 1 aliphatic rings. The van der Waals surface area contributed by atoms with Gasteiger partial charge in [-0.15, -0.1) is 10.1 Å². The van der Waals surface area contributed by atoms with Gasteiger partial charge >= 0.3 is 5.91 Å². The summed E-state index contributed by atoms with van der Waals surface area (Å²) < 4.78 is 1.68. The van der Waals surface area contributed by atoms with Gasteiger partial charge in [0.1, 0.15) is 0 Å². The first-order valence-electron chi connectivity index (χ1n) is 9.73. The van der Waals surface area contributed by atoms with E-state index in [4.69, 9.17) is 23.2 Å². The number of hydrogen-bond donors (Lipinski definition) is 2. The molecular weight excluding hydrogens is 433 g/mol. The highest BCUT2D eigenvalue weighted by atomic mass is 35.5. The third-order valence-electron chi connectivity index (χ3n) is 5.12. The van der Waals surface area contributed by atoms with E-state index in [0.717, 1.165) is 11.1 Å². The van der Waals surface area contributed by atoms with E-state index in [1.54, 1.807) is 53.4 Å². The molecule has 7 heteroatoms. The fourth-order valence-corrected chi connectivity index (χ4v) is 3.97. The molecule has 0 aromatic heterocycles. The standard InChI is InChI=1S/C24H19Cl2N3O2/c1-15-7-9-16(10-8-15)22-21(27-23(30)17-5-3-2-4-6-17)24(31)28-29(22)14-18-11-12-19(25)13-20(18)26/h2-14,21-22H,1H3,(H-,27,28,30,31)/p+1/b29-14-/t21-,22-/m1/s1. The lowest BCUT2D eigenvalue weighted by molar-refractivity contribution is -0.596. The molecule has 0 radical (unpaired) electrons. The second-order valence-electron chi connectivity index (χ2n) is 7.35. The van der Waals surface area contributed by atoms with E-state index in [0.29, 0.717) is 21.2 Å². The highest BCUT2D eigenvalue weighted by molar-refractivity contribution is 6.36. The average Bonchev–Trinajstić information content (AvgIpc) is 3.06. The summed E-state index contributed by atoms with van der Waals surface area (Å²) in [7, 11) is 0. The lowest BCUT2D eigenvalue weighted by atomic mass is 9.98. The quantitative estimate of drug-likeness (QED) is 0.579. The first-order valence-corrected chi connectivity index (χ1v) is 10.5. The molecule has 0 unspecified atom stereocenters. The van der Waals surface area contributed by atoms with Crippen LogP contribution in [0.2, 0.25) is 10.0 Å². The van der Waals surface area contributed by atoms with Crippen LogP contribution in [0, 0.1) is 6.92 Å². The Morgan fingerprint density at radius 1 is 1.03 bits per heavy atom. The summed E-state index contributed by atoms with van der Waals surface area (Å²) in [6.45, 7) is 1.99. The van der Waals surface area contributed by atoms with E-state index in [-0.39, 0.29) is 11.8 Å². The van der Waals surface area contributed by atoms with Crippen LogP contribution in [0.15, 0.2) is 72.8 Å². The molecule has 0 bridgehead atoms. The lowest BCUT2D eigenvalue weighted by Crippen LogP contribution is -2.42. The fourth-order valence-electron chi connectivity index (χ4n) is 3.51. The van der Waals surface area contributed by atoms with Crippen molar-refractivity contribution in [1.82, 2.24) is 10.7 Å². The van der Waals surface area contributed by atoms with Gasteiger partial charge in [-0.05, 0) is 37.3 Å². The molecule has 31 heavy (non-hydrogen) atoms. The number of aryl methyl sites for hydroxylation is 1. The Balaban J connectivity index is 1.73. The molecule has 3 aromatic carbocycles. The van der Waals surface area contributed by atoms with Gasteiger partial charge in [-0.2, -0.15) is 0 Å². The van der Waals surface area contributed by atoms with Crippen LogP contribution in [0.1, 0.15) is 33.1 Å². The summed E-state index contributed by atoms with van der Waals surface area (Å²) in [4.78, 5) is 25.7. The number of rotatable bonds is 4. The van der Waals surface area contributed by atoms with Crippen molar-refractivity contribution < 1.29 is 14.3 Å². The molecule has 2 amide bonds. The molecule has 156 valence electrons. The van der Waals surface area contributed by atoms with E-state index < -0.39 is 12.1 Å². The number of nitrogens with zero attached hydrogens (tertiary/aromatic N) is 1. The molecule has 2 atom stereocenters. The molecule has 0 saturated carbocycles. The Labute approximate surface area is 190 Å². The van der Waals surface area contributed by atoms with Gasteiger partial charge < -0.3 is 5.32 Å². The van der Waals surface area contributed by atoms with Crippen LogP contribution in [-0.4, -0.2) is 28.8 Å². The molecule has 1 aliphatic heterocycles. The maximum Gasteiger partial charge on any atom is 0.304 e. The Bertz CT molecular complexity index is 1160. The maximum atomic E-state index is 12.9. The predicted octanol–water partition coefficient (Wildman–Crippen LogP) is 4.32. The van der Waals surface area contributed by atoms with Crippen LogP contribution < -0.4 is 10.7 Å². The zero-order chi connectivity index (χ0) is 22.0. The van der Waals surface area contributed by atoms with Crippen molar-refractivity contribution in [3.63, 3.8) is 0 Å². The monoisotopic (exact) mass is 452 g/mol. The number of carbonyl (C=O) groups excluding carboxylic acids is 2. The maximum absolute atomic E-state index is 12.9. The molecular formula is C24H20Cl2N3O2+. The molecule has 0 spiro atoms. The number of nitrogens with one attached hydrogen (secondary N) is 2. The smallest absolute Gasteiger partial charge is 0.304 e. The van der Waals surface area contributed by atoms with Gasteiger partial charge in [0.15, 0.2) is 6.04 Å². The summed E-state index contributed by atoms with van der Waals surface area (Å²) in [5.41, 5.74) is 6.00. The number of carbonyl (C=O) groups is 2. The summed E-state index contributed by atoms with van der Waals surface area (Å²) in [6, 6.07) is 20.6. The van der Waals surface area contributed by atoms with Gasteiger partial charge in [0.05, 0.1) is 10.6 Å². The van der Waals surface area contributed by atoms with Crippen LogP contribution in [0.25, 0.3) is 0 Å². The Kier molecular flexibility index (Phi) is 6.07. The van der Waals surface area contributed by atoms with E-state index in [1.807, 2.05) is 37.3 Å². The second-order valence-corrected chi connectivity index (χ2v) is 8.19. The van der Waals surface area contributed by atoms with Crippen molar-refractivity contribution >= 4 is 41.2 Å². The normalized spacial score (nSPS) is 19.3. The number of hydrazone groups is 1. The van der Waals surface area contributed by atoms with Gasteiger partial charge in [0, 0.05) is 16.1 Å². The van der Waals surface area contributed by atoms with Crippen molar-refractivity contribution in [2.75, 3.05) is 0 Å². The van der Waals surface area contributed by atoms with E-state index in [2.05, 4.69) is 10.7 Å². The van der Waals surface area contributed by atoms with E-state index >= 15 is 0 Å². The van der Waals surface area contributed by atoms with Gasteiger partial charge in [-0.1, -0.05) is 71.2 Å². The van der Waals surface area contributed by atoms with Crippen molar-refractivity contribution in [2.45, 2.75) is 19.0 Å². The van der Waals surface area contributed by atoms with Gasteiger partial charge in [0.2, 0.25) is 12.3 Å². The molecule has 1 heterocycles. The third kappa shape index (κ3) is 4.63. The molecule has 1 fully saturated rings. The van der Waals surface area contributed by atoms with Crippen LogP contribution in [0.5, 0.6) is 0 Å². The first-order chi connectivity index (χ1) is 14.9. The molecule has 4 rings (SSSR count). The number of hydrazine groups is 1. The molecule has 3 aromatic rings. The number of amides is 2. The van der Waals surface area contributed by atoms with Crippen molar-refractivity contribution in [3.05, 3.63) is 105 Å². The minimum Gasteiger partial charge on any atom is -0.334 e. The van der Waals surface area contributed by atoms with E-state index in [9.17, 15) is 9.59 Å². The summed E-state index contributed by atoms with van der Waals surface area (Å²) in [5, 5.41) is 3.86. The molecule has 5 nitrogen and oxygen atoms in total. The Hall–Kier alpha value is -3.15. The minimum absolute atomic E-state index is 0.309. The summed E-state index contributed by atoms with van der Waals surface area (Å²) >= 11 is 12.3. The van der Waals surface area contributed by atoms with Crippen molar-refractivity contribution in [3.8, 4) is 0 Å². The fraction of sp³-hybridized carbons (Fsp3) is 0.125. The molecule has 1 saturated heterocycles. The van der Waals surface area contributed by atoms with Crippen molar-refractivity contribution in [2.24, 2.45) is 0 Å². The summed E-state index contributed by atoms with van der Waals surface area (Å²) in [5.74, 6) is -0.625. The van der Waals surface area contributed by atoms with Crippen LogP contribution in [-0.2, 0) is 4.79 Å². The average molecular weight is 453 g/mol.